The van der Waals surface area contributed by atoms with Gasteiger partial charge in [0.1, 0.15) is 11.7 Å². The van der Waals surface area contributed by atoms with Crippen LogP contribution < -0.4 is 0 Å². The summed E-state index contributed by atoms with van der Waals surface area (Å²) in [6.45, 7) is 5.69. The first kappa shape index (κ1) is 15.6. The molecule has 0 amide bonds. The predicted octanol–water partition coefficient (Wildman–Crippen LogP) is 1.94. The van der Waals surface area contributed by atoms with Gasteiger partial charge < -0.3 is 14.6 Å². The van der Waals surface area contributed by atoms with Crippen molar-refractivity contribution in [2.24, 2.45) is 23.7 Å². The predicted molar refractivity (Wildman–Crippen MR) is 84.8 cm³/mol. The molecular formula is C19H22O5. The van der Waals surface area contributed by atoms with Crippen molar-refractivity contribution in [3.05, 3.63) is 35.4 Å². The Bertz CT molecular complexity index is 692. The Morgan fingerprint density at radius 2 is 1.92 bits per heavy atom. The third-order valence-electron chi connectivity index (χ3n) is 5.95. The SMILES string of the molecule is Cc1ccc(C(C)(C)OC(=O)C2C3CC4C(OC(=O)C42)C3O)cc1. The molecule has 0 radical (unpaired) electrons. The van der Waals surface area contributed by atoms with E-state index in [1.54, 1.807) is 0 Å². The van der Waals surface area contributed by atoms with Crippen LogP contribution in [0.5, 0.6) is 0 Å². The molecule has 0 spiro atoms. The molecule has 2 saturated carbocycles. The van der Waals surface area contributed by atoms with Gasteiger partial charge in [0.05, 0.1) is 17.9 Å². The van der Waals surface area contributed by atoms with Crippen molar-refractivity contribution in [2.75, 3.05) is 0 Å². The second-order valence-electron chi connectivity index (χ2n) is 7.80. The fourth-order valence-corrected chi connectivity index (χ4v) is 4.67. The summed E-state index contributed by atoms with van der Waals surface area (Å²) in [6.07, 6.45) is -0.521. The van der Waals surface area contributed by atoms with Gasteiger partial charge in [0.15, 0.2) is 0 Å². The van der Waals surface area contributed by atoms with Gasteiger partial charge in [-0.1, -0.05) is 29.8 Å². The number of fused-ring (bicyclic) bond motifs is 1. The molecule has 0 aromatic heterocycles. The average molecular weight is 330 g/mol. The molecule has 1 heterocycles. The lowest BCUT2D eigenvalue weighted by molar-refractivity contribution is -0.169. The molecule has 2 aliphatic carbocycles. The van der Waals surface area contributed by atoms with Crippen LogP contribution in [-0.2, 0) is 24.7 Å². The number of hydrogen-bond donors (Lipinski definition) is 1. The van der Waals surface area contributed by atoms with E-state index in [1.807, 2.05) is 45.0 Å². The highest BCUT2D eigenvalue weighted by molar-refractivity contribution is 5.86. The van der Waals surface area contributed by atoms with E-state index in [2.05, 4.69) is 0 Å². The second-order valence-corrected chi connectivity index (χ2v) is 7.80. The summed E-state index contributed by atoms with van der Waals surface area (Å²) in [4.78, 5) is 24.9. The fourth-order valence-electron chi connectivity index (χ4n) is 4.67. The Morgan fingerprint density at radius 1 is 1.25 bits per heavy atom. The van der Waals surface area contributed by atoms with Crippen molar-refractivity contribution in [3.8, 4) is 0 Å². The summed E-state index contributed by atoms with van der Waals surface area (Å²) in [6, 6.07) is 7.84. The van der Waals surface area contributed by atoms with E-state index in [-0.39, 0.29) is 17.8 Å². The van der Waals surface area contributed by atoms with Crippen LogP contribution in [0, 0.1) is 30.6 Å². The van der Waals surface area contributed by atoms with Crippen LogP contribution in [-0.4, -0.2) is 29.3 Å². The molecular weight excluding hydrogens is 308 g/mol. The molecule has 3 aliphatic rings. The van der Waals surface area contributed by atoms with Crippen LogP contribution in [0.1, 0.15) is 31.4 Å². The number of aryl methyl sites for hydroxylation is 1. The van der Waals surface area contributed by atoms with E-state index < -0.39 is 35.6 Å². The van der Waals surface area contributed by atoms with Crippen LogP contribution in [0.3, 0.4) is 0 Å². The van der Waals surface area contributed by atoms with E-state index in [1.165, 1.54) is 0 Å². The van der Waals surface area contributed by atoms with Crippen molar-refractivity contribution in [3.63, 3.8) is 0 Å². The zero-order valence-corrected chi connectivity index (χ0v) is 14.1. The Morgan fingerprint density at radius 3 is 2.58 bits per heavy atom. The third kappa shape index (κ3) is 2.10. The lowest BCUT2D eigenvalue weighted by Crippen LogP contribution is -2.43. The maximum atomic E-state index is 12.8. The summed E-state index contributed by atoms with van der Waals surface area (Å²) in [5.74, 6) is -2.10. The molecule has 1 aromatic rings. The van der Waals surface area contributed by atoms with E-state index in [0.29, 0.717) is 6.42 Å². The minimum Gasteiger partial charge on any atom is -0.459 e. The van der Waals surface area contributed by atoms with Gasteiger partial charge in [0, 0.05) is 11.8 Å². The van der Waals surface area contributed by atoms with Crippen LogP contribution >= 0.6 is 0 Å². The summed E-state index contributed by atoms with van der Waals surface area (Å²) in [5.41, 5.74) is 1.24. The van der Waals surface area contributed by atoms with Gasteiger partial charge in [-0.2, -0.15) is 0 Å². The van der Waals surface area contributed by atoms with E-state index in [4.69, 9.17) is 9.47 Å². The number of rotatable bonds is 3. The third-order valence-corrected chi connectivity index (χ3v) is 5.95. The van der Waals surface area contributed by atoms with Crippen molar-refractivity contribution in [1.82, 2.24) is 0 Å². The highest BCUT2D eigenvalue weighted by atomic mass is 16.6. The van der Waals surface area contributed by atoms with Crippen LogP contribution in [0.15, 0.2) is 24.3 Å². The summed E-state index contributed by atoms with van der Waals surface area (Å²) in [5, 5.41) is 10.3. The molecule has 3 fully saturated rings. The number of carbonyl (C=O) groups is 2. The number of benzene rings is 1. The lowest BCUT2D eigenvalue weighted by Gasteiger charge is -2.32. The van der Waals surface area contributed by atoms with Gasteiger partial charge in [-0.3, -0.25) is 9.59 Å². The Hall–Kier alpha value is -1.88. The summed E-state index contributed by atoms with van der Waals surface area (Å²) in [7, 11) is 0. The van der Waals surface area contributed by atoms with Crippen LogP contribution in [0.25, 0.3) is 0 Å². The average Bonchev–Trinajstić information content (AvgIpc) is 3.11. The van der Waals surface area contributed by atoms with Gasteiger partial charge in [0.25, 0.3) is 0 Å². The van der Waals surface area contributed by atoms with Crippen molar-refractivity contribution in [1.29, 1.82) is 0 Å². The largest absolute Gasteiger partial charge is 0.459 e. The normalized spacial score (nSPS) is 36.8. The van der Waals surface area contributed by atoms with E-state index in [9.17, 15) is 14.7 Å². The number of esters is 2. The molecule has 6 atom stereocenters. The van der Waals surface area contributed by atoms with Gasteiger partial charge in [-0.25, -0.2) is 0 Å². The maximum Gasteiger partial charge on any atom is 0.311 e. The molecule has 5 nitrogen and oxygen atoms in total. The van der Waals surface area contributed by atoms with Gasteiger partial charge in [-0.15, -0.1) is 0 Å². The molecule has 1 aromatic carbocycles. The molecule has 24 heavy (non-hydrogen) atoms. The first-order valence-electron chi connectivity index (χ1n) is 8.48. The lowest BCUT2D eigenvalue weighted by atomic mass is 9.78. The topological polar surface area (TPSA) is 72.8 Å². The van der Waals surface area contributed by atoms with Crippen LogP contribution in [0.2, 0.25) is 0 Å². The standard InChI is InChI=1S/C19H22O5/c1-9-4-6-10(7-5-9)19(2,3)24-18(22)13-11-8-12-14(13)17(21)23-16(12)15(11)20/h4-7,11-16,20H,8H2,1-3H3. The number of hydrogen-bond acceptors (Lipinski definition) is 5. The molecule has 1 saturated heterocycles. The zero-order chi connectivity index (χ0) is 17.2. The fraction of sp³-hybridized carbons (Fsp3) is 0.579. The monoisotopic (exact) mass is 330 g/mol. The van der Waals surface area contributed by atoms with Gasteiger partial charge >= 0.3 is 11.9 Å². The molecule has 5 heteroatoms. The molecule has 6 unspecified atom stereocenters. The number of aliphatic hydroxyl groups excluding tert-OH is 1. The highest BCUT2D eigenvalue weighted by Gasteiger charge is 2.68. The van der Waals surface area contributed by atoms with Crippen molar-refractivity contribution < 1.29 is 24.2 Å². The first-order chi connectivity index (χ1) is 11.3. The van der Waals surface area contributed by atoms with Crippen LogP contribution in [0.4, 0.5) is 0 Å². The molecule has 4 rings (SSSR count). The molecule has 2 bridgehead atoms. The minimum atomic E-state index is -0.792. The second kappa shape index (κ2) is 5.06. The smallest absolute Gasteiger partial charge is 0.311 e. The highest BCUT2D eigenvalue weighted by Crippen LogP contribution is 2.58. The Balaban J connectivity index is 1.56. The van der Waals surface area contributed by atoms with Gasteiger partial charge in [0.2, 0.25) is 0 Å². The van der Waals surface area contributed by atoms with E-state index in [0.717, 1.165) is 11.1 Å². The number of carbonyl (C=O) groups excluding carboxylic acids is 2. The number of ether oxygens (including phenoxy) is 2. The number of aliphatic hydroxyl groups is 1. The van der Waals surface area contributed by atoms with E-state index >= 15 is 0 Å². The Labute approximate surface area is 141 Å². The quantitative estimate of drug-likeness (QED) is 0.858. The zero-order valence-electron chi connectivity index (χ0n) is 14.1. The Kier molecular flexibility index (Phi) is 3.29. The summed E-state index contributed by atoms with van der Waals surface area (Å²) >= 11 is 0. The van der Waals surface area contributed by atoms with Gasteiger partial charge in [-0.05, 0) is 32.8 Å². The minimum absolute atomic E-state index is 0.0439. The summed E-state index contributed by atoms with van der Waals surface area (Å²) < 4.78 is 11.1. The molecule has 128 valence electrons. The molecule has 1 aliphatic heterocycles. The first-order valence-corrected chi connectivity index (χ1v) is 8.48. The molecule has 1 N–H and O–H groups in total. The maximum absolute atomic E-state index is 12.8. The van der Waals surface area contributed by atoms with Crippen molar-refractivity contribution in [2.45, 2.75) is 45.0 Å². The van der Waals surface area contributed by atoms with Crippen molar-refractivity contribution >= 4 is 11.9 Å².